The highest BCUT2D eigenvalue weighted by molar-refractivity contribution is 5.92. The largest absolute Gasteiger partial charge is 0.483 e. The van der Waals surface area contributed by atoms with E-state index in [1.54, 1.807) is 6.07 Å². The lowest BCUT2D eigenvalue weighted by Crippen LogP contribution is -2.20. The van der Waals surface area contributed by atoms with Crippen molar-refractivity contribution in [3.05, 3.63) is 53.6 Å². The van der Waals surface area contributed by atoms with Crippen LogP contribution in [0.2, 0.25) is 0 Å². The van der Waals surface area contributed by atoms with Gasteiger partial charge in [0.15, 0.2) is 6.61 Å². The molecular formula is C17H20N2O2. The summed E-state index contributed by atoms with van der Waals surface area (Å²) in [5.74, 6) is 0.544. The first-order valence-corrected chi connectivity index (χ1v) is 6.97. The summed E-state index contributed by atoms with van der Waals surface area (Å²) in [5, 5.41) is 2.77. The second-order valence-corrected chi connectivity index (χ2v) is 4.87. The SMILES string of the molecule is CCc1ccccc1OCC(=O)Nc1ccc(C)c(N)c1. The van der Waals surface area contributed by atoms with Crippen LogP contribution in [0.15, 0.2) is 42.5 Å². The first kappa shape index (κ1) is 14.9. The van der Waals surface area contributed by atoms with Gasteiger partial charge in [0, 0.05) is 11.4 Å². The fourth-order valence-electron chi connectivity index (χ4n) is 2.00. The number of benzene rings is 2. The Morgan fingerprint density at radius 2 is 2.00 bits per heavy atom. The summed E-state index contributed by atoms with van der Waals surface area (Å²) in [6.07, 6.45) is 0.867. The average molecular weight is 284 g/mol. The van der Waals surface area contributed by atoms with Crippen molar-refractivity contribution in [2.45, 2.75) is 20.3 Å². The van der Waals surface area contributed by atoms with Crippen molar-refractivity contribution < 1.29 is 9.53 Å². The zero-order valence-electron chi connectivity index (χ0n) is 12.3. The van der Waals surface area contributed by atoms with E-state index in [4.69, 9.17) is 10.5 Å². The molecule has 0 saturated carbocycles. The minimum Gasteiger partial charge on any atom is -0.483 e. The van der Waals surface area contributed by atoms with Gasteiger partial charge in [-0.1, -0.05) is 31.2 Å². The molecular weight excluding hydrogens is 264 g/mol. The molecule has 0 bridgehead atoms. The van der Waals surface area contributed by atoms with E-state index in [-0.39, 0.29) is 12.5 Å². The number of carbonyl (C=O) groups excluding carboxylic acids is 1. The lowest BCUT2D eigenvalue weighted by Gasteiger charge is -2.11. The molecule has 0 aliphatic heterocycles. The smallest absolute Gasteiger partial charge is 0.262 e. The fourth-order valence-corrected chi connectivity index (χ4v) is 2.00. The molecule has 0 aromatic heterocycles. The van der Waals surface area contributed by atoms with Crippen LogP contribution in [0.5, 0.6) is 5.75 Å². The van der Waals surface area contributed by atoms with Gasteiger partial charge in [-0.05, 0) is 42.7 Å². The van der Waals surface area contributed by atoms with Crippen molar-refractivity contribution in [3.63, 3.8) is 0 Å². The molecule has 3 N–H and O–H groups in total. The summed E-state index contributed by atoms with van der Waals surface area (Å²) < 4.78 is 5.57. The van der Waals surface area contributed by atoms with E-state index in [9.17, 15) is 4.79 Å². The van der Waals surface area contributed by atoms with Gasteiger partial charge in [-0.15, -0.1) is 0 Å². The molecule has 0 aliphatic rings. The van der Waals surface area contributed by atoms with Crippen LogP contribution in [0.1, 0.15) is 18.1 Å². The van der Waals surface area contributed by atoms with Crippen molar-refractivity contribution >= 4 is 17.3 Å². The van der Waals surface area contributed by atoms with Gasteiger partial charge in [-0.2, -0.15) is 0 Å². The predicted molar refractivity (Wildman–Crippen MR) is 85.5 cm³/mol. The summed E-state index contributed by atoms with van der Waals surface area (Å²) in [4.78, 5) is 11.9. The number of para-hydroxylation sites is 1. The van der Waals surface area contributed by atoms with E-state index in [0.717, 1.165) is 23.3 Å². The highest BCUT2D eigenvalue weighted by Crippen LogP contribution is 2.19. The number of amides is 1. The number of nitrogens with two attached hydrogens (primary N) is 1. The number of aryl methyl sites for hydroxylation is 2. The van der Waals surface area contributed by atoms with Crippen molar-refractivity contribution in [2.24, 2.45) is 0 Å². The third kappa shape index (κ3) is 3.99. The van der Waals surface area contributed by atoms with Gasteiger partial charge in [0.05, 0.1) is 0 Å². The topological polar surface area (TPSA) is 64.3 Å². The third-order valence-corrected chi connectivity index (χ3v) is 3.28. The molecule has 2 aromatic carbocycles. The third-order valence-electron chi connectivity index (χ3n) is 3.28. The number of nitrogen functional groups attached to an aromatic ring is 1. The maximum Gasteiger partial charge on any atom is 0.262 e. The molecule has 0 heterocycles. The number of ether oxygens (including phenoxy) is 1. The monoisotopic (exact) mass is 284 g/mol. The summed E-state index contributed by atoms with van der Waals surface area (Å²) >= 11 is 0. The van der Waals surface area contributed by atoms with Crippen LogP contribution < -0.4 is 15.8 Å². The van der Waals surface area contributed by atoms with Crippen LogP contribution >= 0.6 is 0 Å². The summed E-state index contributed by atoms with van der Waals surface area (Å²) in [6.45, 7) is 3.95. The maximum absolute atomic E-state index is 11.9. The Bertz CT molecular complexity index is 638. The lowest BCUT2D eigenvalue weighted by atomic mass is 10.1. The lowest BCUT2D eigenvalue weighted by molar-refractivity contribution is -0.118. The Morgan fingerprint density at radius 3 is 2.71 bits per heavy atom. The molecule has 0 spiro atoms. The molecule has 4 nitrogen and oxygen atoms in total. The van der Waals surface area contributed by atoms with Gasteiger partial charge in [0.25, 0.3) is 5.91 Å². The van der Waals surface area contributed by atoms with Crippen molar-refractivity contribution in [1.29, 1.82) is 0 Å². The standard InChI is InChI=1S/C17H20N2O2/c1-3-13-6-4-5-7-16(13)21-11-17(20)19-14-9-8-12(2)15(18)10-14/h4-10H,3,11,18H2,1-2H3,(H,19,20). The minimum atomic E-state index is -0.204. The zero-order valence-corrected chi connectivity index (χ0v) is 12.3. The number of nitrogens with one attached hydrogen (secondary N) is 1. The van der Waals surface area contributed by atoms with E-state index in [1.165, 1.54) is 0 Å². The van der Waals surface area contributed by atoms with Gasteiger partial charge in [0.2, 0.25) is 0 Å². The van der Waals surface area contributed by atoms with E-state index < -0.39 is 0 Å². The van der Waals surface area contributed by atoms with Crippen LogP contribution in [0.3, 0.4) is 0 Å². The second kappa shape index (κ2) is 6.79. The molecule has 0 radical (unpaired) electrons. The van der Waals surface area contributed by atoms with Gasteiger partial charge in [-0.25, -0.2) is 0 Å². The van der Waals surface area contributed by atoms with E-state index in [1.807, 2.05) is 43.3 Å². The van der Waals surface area contributed by atoms with Crippen LogP contribution in [-0.4, -0.2) is 12.5 Å². The molecule has 21 heavy (non-hydrogen) atoms. The van der Waals surface area contributed by atoms with Crippen molar-refractivity contribution in [1.82, 2.24) is 0 Å². The number of rotatable bonds is 5. The number of carbonyl (C=O) groups is 1. The fraction of sp³-hybridized carbons (Fsp3) is 0.235. The summed E-state index contributed by atoms with van der Waals surface area (Å²) in [5.41, 5.74) is 9.23. The zero-order chi connectivity index (χ0) is 15.2. The number of hydrogen-bond donors (Lipinski definition) is 2. The first-order valence-electron chi connectivity index (χ1n) is 6.97. The number of hydrogen-bond acceptors (Lipinski definition) is 3. The Balaban J connectivity index is 1.94. The Morgan fingerprint density at radius 1 is 1.24 bits per heavy atom. The normalized spacial score (nSPS) is 10.2. The van der Waals surface area contributed by atoms with Crippen LogP contribution in [-0.2, 0) is 11.2 Å². The predicted octanol–water partition coefficient (Wildman–Crippen LogP) is 3.16. The Hall–Kier alpha value is -2.49. The van der Waals surface area contributed by atoms with Gasteiger partial charge < -0.3 is 15.8 Å². The highest BCUT2D eigenvalue weighted by atomic mass is 16.5. The quantitative estimate of drug-likeness (QED) is 0.829. The molecule has 0 fully saturated rings. The van der Waals surface area contributed by atoms with E-state index in [2.05, 4.69) is 12.2 Å². The van der Waals surface area contributed by atoms with Crippen LogP contribution in [0.4, 0.5) is 11.4 Å². The van der Waals surface area contributed by atoms with Gasteiger partial charge >= 0.3 is 0 Å². The maximum atomic E-state index is 11.9. The molecule has 0 aliphatic carbocycles. The average Bonchev–Trinajstić information content (AvgIpc) is 2.49. The Kier molecular flexibility index (Phi) is 4.82. The molecule has 0 saturated heterocycles. The summed E-state index contributed by atoms with van der Waals surface area (Å²) in [6, 6.07) is 13.2. The molecule has 2 aromatic rings. The first-order chi connectivity index (χ1) is 10.1. The minimum absolute atomic E-state index is 0.0230. The van der Waals surface area contributed by atoms with Crippen molar-refractivity contribution in [2.75, 3.05) is 17.7 Å². The molecule has 0 atom stereocenters. The van der Waals surface area contributed by atoms with E-state index >= 15 is 0 Å². The van der Waals surface area contributed by atoms with E-state index in [0.29, 0.717) is 11.4 Å². The Labute approximate surface area is 124 Å². The highest BCUT2D eigenvalue weighted by Gasteiger charge is 2.06. The van der Waals surface area contributed by atoms with Gasteiger partial charge in [-0.3, -0.25) is 4.79 Å². The number of anilines is 2. The van der Waals surface area contributed by atoms with Crippen molar-refractivity contribution in [3.8, 4) is 5.75 Å². The molecule has 2 rings (SSSR count). The second-order valence-electron chi connectivity index (χ2n) is 4.87. The molecule has 4 heteroatoms. The summed E-state index contributed by atoms with van der Waals surface area (Å²) in [7, 11) is 0. The van der Waals surface area contributed by atoms with Crippen LogP contribution in [0, 0.1) is 6.92 Å². The van der Waals surface area contributed by atoms with Crippen LogP contribution in [0.25, 0.3) is 0 Å². The molecule has 1 amide bonds. The molecule has 0 unspecified atom stereocenters. The van der Waals surface area contributed by atoms with Gasteiger partial charge in [0.1, 0.15) is 5.75 Å². The molecule has 110 valence electrons.